The maximum absolute atomic E-state index is 10.2. The quantitative estimate of drug-likeness (QED) is 0.726. The van der Waals surface area contributed by atoms with Crippen molar-refractivity contribution in [3.8, 4) is 5.63 Å². The normalized spacial score (nSPS) is 11.8. The Hall–Kier alpha value is -0.290. The molecule has 1 unspecified atom stereocenters. The van der Waals surface area contributed by atoms with Gasteiger partial charge in [-0.25, -0.2) is 0 Å². The molecule has 0 saturated heterocycles. The average molecular weight is 257 g/mol. The predicted octanol–water partition coefficient (Wildman–Crippen LogP) is 4.19. The Kier molecular flexibility index (Phi) is 4.52. The molecule has 0 aliphatic heterocycles. The number of halogens is 1. The van der Waals surface area contributed by atoms with Crippen molar-refractivity contribution in [2.75, 3.05) is 0 Å². The fourth-order valence-corrected chi connectivity index (χ4v) is 1.70. The summed E-state index contributed by atoms with van der Waals surface area (Å²) in [6.45, 7) is 2.10. The van der Waals surface area contributed by atoms with Crippen LogP contribution in [0.15, 0.2) is 28.7 Å². The van der Waals surface area contributed by atoms with E-state index in [9.17, 15) is 4.57 Å². The van der Waals surface area contributed by atoms with Crippen molar-refractivity contribution in [2.24, 2.45) is 0 Å². The summed E-state index contributed by atoms with van der Waals surface area (Å²) in [6, 6.07) is 8.16. The molecule has 3 heteroatoms. The first-order chi connectivity index (χ1) is 6.24. The fourth-order valence-electron chi connectivity index (χ4n) is 1.08. The minimum atomic E-state index is 0.00119. The summed E-state index contributed by atoms with van der Waals surface area (Å²) in [6.07, 6.45) is 0.729. The summed E-state index contributed by atoms with van der Waals surface area (Å²) < 4.78 is 11.3. The molecule has 0 bridgehead atoms. The van der Waals surface area contributed by atoms with Gasteiger partial charge in [-0.05, 0) is 0 Å². The van der Waals surface area contributed by atoms with Crippen molar-refractivity contribution >= 4 is 23.8 Å². The molecule has 0 fully saturated rings. The van der Waals surface area contributed by atoms with E-state index in [0.29, 0.717) is 5.92 Å². The van der Waals surface area contributed by atoms with Crippen molar-refractivity contribution in [3.05, 3.63) is 34.3 Å². The minimum absolute atomic E-state index is 0.00119. The summed E-state index contributed by atoms with van der Waals surface area (Å²) in [7, 11) is 0.00119. The van der Waals surface area contributed by atoms with Crippen molar-refractivity contribution in [2.45, 2.75) is 19.3 Å². The van der Waals surface area contributed by atoms with Gasteiger partial charge in [0.25, 0.3) is 0 Å². The summed E-state index contributed by atoms with van der Waals surface area (Å²) in [5.41, 5.74) is 4.02. The molecule has 0 N–H and O–H groups in total. The van der Waals surface area contributed by atoms with Gasteiger partial charge in [0, 0.05) is 0 Å². The standard InChI is InChI=1S/C10H10BrOP/c1-8(6-7-13-12)9-2-4-10(11)5-3-9/h2-5,8H,6H2,1H3. The Morgan fingerprint density at radius 1 is 1.46 bits per heavy atom. The summed E-state index contributed by atoms with van der Waals surface area (Å²) in [5.74, 6) is 0.384. The molecule has 0 radical (unpaired) electrons. The summed E-state index contributed by atoms with van der Waals surface area (Å²) in [4.78, 5) is 0. The molecular weight excluding hydrogens is 247 g/mol. The Bertz CT molecular complexity index is 365. The van der Waals surface area contributed by atoms with Gasteiger partial charge in [-0.2, -0.15) is 0 Å². The van der Waals surface area contributed by atoms with E-state index in [0.717, 1.165) is 10.9 Å². The summed E-state index contributed by atoms with van der Waals surface area (Å²) in [5, 5.41) is 0. The van der Waals surface area contributed by atoms with Crippen LogP contribution in [0.5, 0.6) is 0 Å². The molecule has 0 aliphatic rings. The molecule has 1 rings (SSSR count). The third-order valence-corrected chi connectivity index (χ3v) is 2.74. The molecule has 0 aliphatic carbocycles. The maximum atomic E-state index is 10.2. The van der Waals surface area contributed by atoms with Crippen LogP contribution in [-0.4, -0.2) is 0 Å². The van der Waals surface area contributed by atoms with Crippen molar-refractivity contribution in [1.29, 1.82) is 0 Å². The first kappa shape index (κ1) is 10.8. The first-order valence-corrected chi connectivity index (χ1v) is 5.65. The number of rotatable bonds is 2. The van der Waals surface area contributed by atoms with E-state index in [1.54, 1.807) is 0 Å². The zero-order valence-electron chi connectivity index (χ0n) is 7.33. The zero-order valence-corrected chi connectivity index (χ0v) is 9.81. The average Bonchev–Trinajstić information content (AvgIpc) is 2.15. The van der Waals surface area contributed by atoms with E-state index in [1.807, 2.05) is 12.1 Å². The van der Waals surface area contributed by atoms with Crippen LogP contribution in [0.4, 0.5) is 0 Å². The van der Waals surface area contributed by atoms with Crippen molar-refractivity contribution < 1.29 is 4.57 Å². The van der Waals surface area contributed by atoms with Gasteiger partial charge in [0.15, 0.2) is 0 Å². The molecule has 0 spiro atoms. The third kappa shape index (κ3) is 3.52. The predicted molar refractivity (Wildman–Crippen MR) is 58.7 cm³/mol. The van der Waals surface area contributed by atoms with Crippen LogP contribution in [0.3, 0.4) is 0 Å². The monoisotopic (exact) mass is 256 g/mol. The van der Waals surface area contributed by atoms with Gasteiger partial charge in [0.05, 0.1) is 0 Å². The molecule has 13 heavy (non-hydrogen) atoms. The van der Waals surface area contributed by atoms with Crippen LogP contribution in [-0.2, 0) is 4.57 Å². The molecule has 0 amide bonds. The molecule has 0 saturated carbocycles. The molecule has 1 aromatic carbocycles. The van der Waals surface area contributed by atoms with E-state index < -0.39 is 0 Å². The van der Waals surface area contributed by atoms with Gasteiger partial charge in [0.2, 0.25) is 0 Å². The molecule has 1 atom stereocenters. The van der Waals surface area contributed by atoms with Gasteiger partial charge >= 0.3 is 87.6 Å². The second kappa shape index (κ2) is 5.44. The van der Waals surface area contributed by atoms with Crippen LogP contribution in [0.1, 0.15) is 24.8 Å². The van der Waals surface area contributed by atoms with E-state index in [1.165, 1.54) is 5.56 Å². The van der Waals surface area contributed by atoms with Gasteiger partial charge < -0.3 is 0 Å². The molecule has 1 aromatic rings. The van der Waals surface area contributed by atoms with Gasteiger partial charge in [-0.15, -0.1) is 0 Å². The number of benzene rings is 1. The van der Waals surface area contributed by atoms with Crippen LogP contribution in [0, 0.1) is 5.63 Å². The first-order valence-electron chi connectivity index (χ1n) is 4.04. The summed E-state index contributed by atoms with van der Waals surface area (Å²) >= 11 is 3.38. The topological polar surface area (TPSA) is 17.1 Å². The second-order valence-corrected chi connectivity index (χ2v) is 4.32. The van der Waals surface area contributed by atoms with Gasteiger partial charge in [-0.1, -0.05) is 0 Å². The molecular formula is C10H10BrOP. The van der Waals surface area contributed by atoms with Crippen LogP contribution in [0.2, 0.25) is 0 Å². The molecule has 1 nitrogen and oxygen atoms in total. The SMILES string of the molecule is CC(CC#P=O)c1ccc(Br)cc1. The Morgan fingerprint density at radius 2 is 2.08 bits per heavy atom. The van der Waals surface area contributed by atoms with Crippen LogP contribution >= 0.6 is 23.8 Å². The third-order valence-electron chi connectivity index (χ3n) is 1.90. The number of hydrogen-bond acceptors (Lipinski definition) is 1. The Morgan fingerprint density at radius 3 is 2.62 bits per heavy atom. The van der Waals surface area contributed by atoms with Crippen molar-refractivity contribution in [1.82, 2.24) is 0 Å². The van der Waals surface area contributed by atoms with Gasteiger partial charge in [-0.3, -0.25) is 0 Å². The van der Waals surface area contributed by atoms with Crippen molar-refractivity contribution in [3.63, 3.8) is 0 Å². The Labute approximate surface area is 87.8 Å². The van der Waals surface area contributed by atoms with Crippen LogP contribution < -0.4 is 0 Å². The van der Waals surface area contributed by atoms with E-state index in [2.05, 4.69) is 40.6 Å². The number of hydrogen-bond donors (Lipinski definition) is 0. The van der Waals surface area contributed by atoms with Gasteiger partial charge in [0.1, 0.15) is 0 Å². The Balaban J connectivity index is 2.75. The molecule has 0 heterocycles. The van der Waals surface area contributed by atoms with E-state index in [4.69, 9.17) is 0 Å². The fraction of sp³-hybridized carbons (Fsp3) is 0.300. The second-order valence-electron chi connectivity index (χ2n) is 2.91. The van der Waals surface area contributed by atoms with Crippen LogP contribution in [0.25, 0.3) is 0 Å². The molecule has 68 valence electrons. The van der Waals surface area contributed by atoms with E-state index >= 15 is 0 Å². The molecule has 0 aromatic heterocycles. The zero-order chi connectivity index (χ0) is 9.68. The van der Waals surface area contributed by atoms with E-state index in [-0.39, 0.29) is 7.92 Å².